The van der Waals surface area contributed by atoms with Crippen molar-refractivity contribution >= 4 is 36.9 Å². The molecule has 4 aromatic rings. The van der Waals surface area contributed by atoms with E-state index in [9.17, 15) is 14.0 Å². The molecular formula is C31H34F2N6O3Si. The van der Waals surface area contributed by atoms with Crippen LogP contribution >= 0.6 is 0 Å². The Kier molecular flexibility index (Phi) is 7.10. The fourth-order valence-corrected chi connectivity index (χ4v) is 7.97. The lowest BCUT2D eigenvalue weighted by molar-refractivity contribution is 0.107. The van der Waals surface area contributed by atoms with Gasteiger partial charge in [-0.15, -0.1) is 0 Å². The van der Waals surface area contributed by atoms with E-state index in [1.165, 1.54) is 6.07 Å². The number of pyridine rings is 1. The minimum absolute atomic E-state index is 0.00441. The van der Waals surface area contributed by atoms with Crippen LogP contribution in [-0.4, -0.2) is 84.9 Å². The highest BCUT2D eigenvalue weighted by molar-refractivity contribution is 6.20. The molecule has 12 heteroatoms. The maximum atomic E-state index is 16.7. The lowest BCUT2D eigenvalue weighted by atomic mass is 9.95. The smallest absolute Gasteiger partial charge is 0.319 e. The van der Waals surface area contributed by atoms with E-state index in [1.54, 1.807) is 12.3 Å². The van der Waals surface area contributed by atoms with Crippen LogP contribution in [0.4, 0.5) is 14.6 Å². The number of aryl methyl sites for hydroxylation is 1. The monoisotopic (exact) mass is 604 g/mol. The summed E-state index contributed by atoms with van der Waals surface area (Å²) in [4.78, 5) is 17.8. The molecule has 0 radical (unpaired) electrons. The summed E-state index contributed by atoms with van der Waals surface area (Å²) in [6.45, 7) is 4.23. The van der Waals surface area contributed by atoms with Crippen LogP contribution in [0.5, 0.6) is 11.8 Å². The third-order valence-corrected chi connectivity index (χ3v) is 10.5. The molecule has 9 nitrogen and oxygen atoms in total. The third-order valence-electron chi connectivity index (χ3n) is 9.45. The Morgan fingerprint density at radius 1 is 1.23 bits per heavy atom. The molecule has 2 aromatic carbocycles. The van der Waals surface area contributed by atoms with Gasteiger partial charge in [-0.1, -0.05) is 25.1 Å². The number of benzene rings is 2. The normalized spacial score (nSPS) is 25.6. The fraction of sp³-hybridized carbons (Fsp3) is 0.452. The second-order valence-electron chi connectivity index (χ2n) is 12.1. The van der Waals surface area contributed by atoms with Gasteiger partial charge in [0.15, 0.2) is 5.82 Å². The zero-order chi connectivity index (χ0) is 29.9. The van der Waals surface area contributed by atoms with E-state index >= 15 is 4.39 Å². The molecule has 3 fully saturated rings. The first-order valence-electron chi connectivity index (χ1n) is 14.9. The van der Waals surface area contributed by atoms with Crippen LogP contribution in [-0.2, 0) is 10.9 Å². The van der Waals surface area contributed by atoms with Gasteiger partial charge in [0.05, 0.1) is 10.9 Å². The Labute approximate surface area is 250 Å². The number of nitrogens with zero attached hydrogens (tertiary/aromatic N) is 5. The topological polar surface area (TPSA) is 118 Å². The van der Waals surface area contributed by atoms with Crippen molar-refractivity contribution in [2.75, 3.05) is 37.7 Å². The van der Waals surface area contributed by atoms with E-state index < -0.39 is 26.9 Å². The van der Waals surface area contributed by atoms with E-state index in [1.807, 2.05) is 30.0 Å². The molecule has 43 heavy (non-hydrogen) atoms. The summed E-state index contributed by atoms with van der Waals surface area (Å²) in [6.07, 6.45) is 3.51. The number of hydrogen-bond donors (Lipinski definition) is 2. The fourth-order valence-electron chi connectivity index (χ4n) is 7.31. The van der Waals surface area contributed by atoms with E-state index in [4.69, 9.17) is 15.5 Å². The van der Waals surface area contributed by atoms with Crippen LogP contribution < -0.4 is 15.4 Å². The number of halogens is 2. The average molecular weight is 605 g/mol. The lowest BCUT2D eigenvalue weighted by Crippen LogP contribution is -2.43. The number of anilines is 1. The van der Waals surface area contributed by atoms with Gasteiger partial charge in [-0.2, -0.15) is 9.97 Å². The molecule has 5 heterocycles. The summed E-state index contributed by atoms with van der Waals surface area (Å²) < 4.78 is 49.1. The van der Waals surface area contributed by atoms with Crippen molar-refractivity contribution in [2.24, 2.45) is 5.73 Å². The van der Waals surface area contributed by atoms with Crippen molar-refractivity contribution in [3.8, 4) is 23.0 Å². The summed E-state index contributed by atoms with van der Waals surface area (Å²) in [7, 11) is -1.10. The van der Waals surface area contributed by atoms with Crippen LogP contribution in [0.2, 0.25) is 5.54 Å². The van der Waals surface area contributed by atoms with Crippen molar-refractivity contribution in [1.29, 1.82) is 0 Å². The molecule has 0 amide bonds. The van der Waals surface area contributed by atoms with Crippen LogP contribution in [0.1, 0.15) is 31.7 Å². The Hall–Kier alpha value is -3.61. The Bertz CT molecular complexity index is 1740. The minimum atomic E-state index is -1.10. The van der Waals surface area contributed by atoms with Gasteiger partial charge in [0.2, 0.25) is 0 Å². The molecule has 3 N–H and O–H groups in total. The quantitative estimate of drug-likeness (QED) is 0.303. The van der Waals surface area contributed by atoms with Crippen molar-refractivity contribution < 1.29 is 23.1 Å². The number of phenols is 1. The minimum Gasteiger partial charge on any atom is -0.508 e. The van der Waals surface area contributed by atoms with Gasteiger partial charge in [-0.3, -0.25) is 9.88 Å². The third kappa shape index (κ3) is 4.75. The molecule has 0 aliphatic carbocycles. The molecule has 7 rings (SSSR count). The summed E-state index contributed by atoms with van der Waals surface area (Å²) >= 11 is 0. The van der Waals surface area contributed by atoms with E-state index in [2.05, 4.69) is 14.9 Å². The standard InChI is InChI=1S/C31H34F2N6O3Si/c1-2-17-5-3-6-18-9-20(40)10-21(25(17)18)27-26(33)28-22(12-35-27)29(38-14-23(34)24(15-38)43-41)37-30(36-28)42-16-31-7-4-8-39(31)13-19(32)11-31/h3,5-6,9-10,12,19,23-24,40,43H,2,4,7-8,11,13-16,34H2,1H3/t19-,23+,24?,31+/m1/s1. The predicted octanol–water partition coefficient (Wildman–Crippen LogP) is 3.93. The first-order valence-corrected chi connectivity index (χ1v) is 16.0. The number of phenolic OH excluding ortho intramolecular Hbond substituents is 1. The molecule has 3 saturated heterocycles. The van der Waals surface area contributed by atoms with Crippen LogP contribution in [0.15, 0.2) is 36.5 Å². The van der Waals surface area contributed by atoms with Crippen LogP contribution in [0, 0.1) is 5.82 Å². The average Bonchev–Trinajstić information content (AvgIpc) is 3.66. The molecule has 1 unspecified atom stereocenters. The van der Waals surface area contributed by atoms with Crippen molar-refractivity contribution in [1.82, 2.24) is 19.9 Å². The summed E-state index contributed by atoms with van der Waals surface area (Å²) in [5.74, 6) is -0.247. The second kappa shape index (κ2) is 10.8. The molecule has 3 aliphatic heterocycles. The SMILES string of the molecule is CCc1cccc2cc(O)cc(-c3ncc4c(N5CC([SiH]=O)[C@@H](N)C5)nc(OC[C@@]56CCCN5C[C@H](F)C6)nc4c3F)c12. The maximum absolute atomic E-state index is 16.7. The second-order valence-corrected chi connectivity index (χ2v) is 13.2. The summed E-state index contributed by atoms with van der Waals surface area (Å²) in [5.41, 5.74) is 7.22. The highest BCUT2D eigenvalue weighted by atomic mass is 28.2. The number of hydrogen-bond acceptors (Lipinski definition) is 9. The van der Waals surface area contributed by atoms with Gasteiger partial charge < -0.3 is 24.9 Å². The number of ether oxygens (including phenoxy) is 1. The van der Waals surface area contributed by atoms with Gasteiger partial charge in [-0.25, -0.2) is 8.78 Å². The first-order chi connectivity index (χ1) is 20.8. The predicted molar refractivity (Wildman–Crippen MR) is 162 cm³/mol. The maximum Gasteiger partial charge on any atom is 0.319 e. The van der Waals surface area contributed by atoms with Gasteiger partial charge in [-0.05, 0) is 54.3 Å². The Morgan fingerprint density at radius 3 is 2.88 bits per heavy atom. The van der Waals surface area contributed by atoms with Gasteiger partial charge >= 0.3 is 6.01 Å². The largest absolute Gasteiger partial charge is 0.508 e. The number of nitrogens with two attached hydrogens (primary N) is 1. The molecule has 0 saturated carbocycles. The molecule has 224 valence electrons. The zero-order valence-electron chi connectivity index (χ0n) is 24.0. The van der Waals surface area contributed by atoms with Crippen LogP contribution in [0.25, 0.3) is 32.9 Å². The molecule has 0 spiro atoms. The van der Waals surface area contributed by atoms with Gasteiger partial charge in [0, 0.05) is 49.4 Å². The van der Waals surface area contributed by atoms with Crippen molar-refractivity contribution in [3.05, 3.63) is 47.9 Å². The number of rotatable bonds is 7. The number of fused-ring (bicyclic) bond motifs is 3. The van der Waals surface area contributed by atoms with Crippen molar-refractivity contribution in [2.45, 2.75) is 55.9 Å². The molecule has 4 atom stereocenters. The van der Waals surface area contributed by atoms with E-state index in [-0.39, 0.29) is 41.2 Å². The summed E-state index contributed by atoms with van der Waals surface area (Å²) in [5, 5.41) is 12.5. The number of aromatic nitrogens is 3. The van der Waals surface area contributed by atoms with E-state index in [0.29, 0.717) is 49.2 Å². The lowest BCUT2D eigenvalue weighted by Gasteiger charge is -2.31. The highest BCUT2D eigenvalue weighted by Crippen LogP contribution is 2.42. The molecule has 0 bridgehead atoms. The molecule has 2 aromatic heterocycles. The van der Waals surface area contributed by atoms with Crippen molar-refractivity contribution in [3.63, 3.8) is 0 Å². The van der Waals surface area contributed by atoms with Gasteiger partial charge in [0.1, 0.15) is 35.6 Å². The van der Waals surface area contributed by atoms with E-state index in [0.717, 1.165) is 35.7 Å². The molecular weight excluding hydrogens is 570 g/mol. The van der Waals surface area contributed by atoms with Gasteiger partial charge in [0.25, 0.3) is 9.41 Å². The zero-order valence-corrected chi connectivity index (χ0v) is 25.1. The first kappa shape index (κ1) is 28.2. The number of alkyl halides is 1. The molecule has 3 aliphatic rings. The Balaban J connectivity index is 1.37. The highest BCUT2D eigenvalue weighted by Gasteiger charge is 2.49. The Morgan fingerprint density at radius 2 is 2.09 bits per heavy atom. The summed E-state index contributed by atoms with van der Waals surface area (Å²) in [6, 6.07) is 8.64. The number of aromatic hydroxyl groups is 1. The van der Waals surface area contributed by atoms with Crippen LogP contribution in [0.3, 0.4) is 0 Å².